The van der Waals surface area contributed by atoms with Crippen LogP contribution in [0.2, 0.25) is 0 Å². The molecule has 2 unspecified atom stereocenters. The number of piperazine rings is 2. The van der Waals surface area contributed by atoms with E-state index in [-0.39, 0.29) is 147 Å². The number of amides is 2. The number of aromatic nitrogens is 4. The van der Waals surface area contributed by atoms with Crippen molar-refractivity contribution < 1.29 is 54.2 Å². The molecule has 24 heteroatoms. The number of halogens is 8. The molecule has 4 aliphatic heterocycles. The Morgan fingerprint density at radius 2 is 1.07 bits per heavy atom. The fourth-order valence-electron chi connectivity index (χ4n) is 12.3. The van der Waals surface area contributed by atoms with Crippen molar-refractivity contribution in [3.8, 4) is 22.3 Å². The molecule has 83 heavy (non-hydrogen) atoms. The summed E-state index contributed by atoms with van der Waals surface area (Å²) in [5.41, 5.74) is -2.94. The Bertz CT molecular complexity index is 3680. The topological polar surface area (TPSA) is 135 Å². The Kier molecular flexibility index (Phi) is 15.9. The van der Waals surface area contributed by atoms with Gasteiger partial charge in [-0.2, -0.15) is 36.3 Å². The number of ether oxygens (including phenoxy) is 2. The lowest BCUT2D eigenvalue weighted by molar-refractivity contribution is -0.137. The first-order valence-electron chi connectivity index (χ1n) is 27.3. The minimum absolute atomic E-state index is 0.0361. The first kappa shape index (κ1) is 58.0. The van der Waals surface area contributed by atoms with E-state index in [2.05, 4.69) is 16.5 Å². The number of carbonyl (C=O) groups is 2. The van der Waals surface area contributed by atoms with Gasteiger partial charge in [-0.15, -0.1) is 23.5 Å². The van der Waals surface area contributed by atoms with Crippen molar-refractivity contribution in [2.75, 3.05) is 67.3 Å². The molecule has 0 radical (unpaired) electrons. The number of rotatable bonds is 14. The zero-order valence-electron chi connectivity index (χ0n) is 45.6. The highest BCUT2D eigenvalue weighted by atomic mass is 32.2. The highest BCUT2D eigenvalue weighted by Gasteiger charge is 2.43. The lowest BCUT2D eigenvalue weighted by atomic mass is 9.95. The first-order chi connectivity index (χ1) is 39.5. The summed E-state index contributed by atoms with van der Waals surface area (Å²) in [6.45, 7) is 11.6. The van der Waals surface area contributed by atoms with Gasteiger partial charge in [0.1, 0.15) is 23.3 Å². The summed E-state index contributed by atoms with van der Waals surface area (Å²) in [7, 11) is 0. The van der Waals surface area contributed by atoms with E-state index >= 15 is 26.3 Å². The van der Waals surface area contributed by atoms with Gasteiger partial charge in [-0.1, -0.05) is 36.9 Å². The monoisotopic (exact) mass is 1190 g/mol. The molecule has 6 atom stereocenters. The number of hydrogen-bond donors (Lipinski definition) is 0. The van der Waals surface area contributed by atoms with E-state index in [9.17, 15) is 28.0 Å². The largest absolute Gasteiger partial charge is 0.417 e. The fraction of sp³-hybridized carbons (Fsp3) is 0.424. The van der Waals surface area contributed by atoms with E-state index in [1.807, 2.05) is 0 Å². The zero-order valence-corrected chi connectivity index (χ0v) is 47.2. The van der Waals surface area contributed by atoms with E-state index in [0.29, 0.717) is 0 Å². The highest BCUT2D eigenvalue weighted by molar-refractivity contribution is 8.00. The Morgan fingerprint density at radius 3 is 1.48 bits per heavy atom. The molecule has 5 aliphatic rings. The van der Waals surface area contributed by atoms with Crippen LogP contribution in [0.1, 0.15) is 70.2 Å². The molecule has 3 fully saturated rings. The quantitative estimate of drug-likeness (QED) is 0.0583. The van der Waals surface area contributed by atoms with Gasteiger partial charge in [0.25, 0.3) is 0 Å². The van der Waals surface area contributed by atoms with Crippen molar-refractivity contribution in [3.63, 3.8) is 0 Å². The summed E-state index contributed by atoms with van der Waals surface area (Å²) in [4.78, 5) is 71.4. The van der Waals surface area contributed by atoms with Crippen molar-refractivity contribution in [1.82, 2.24) is 28.9 Å². The summed E-state index contributed by atoms with van der Waals surface area (Å²) < 4.78 is 135. The molecular weight excluding hydrogens is 1130 g/mol. The number of anilines is 2. The van der Waals surface area contributed by atoms with Gasteiger partial charge >= 0.3 is 23.7 Å². The molecule has 1 saturated carbocycles. The average molecular weight is 1190 g/mol. The van der Waals surface area contributed by atoms with Crippen LogP contribution in [0.25, 0.3) is 44.1 Å². The maximum absolute atomic E-state index is 15.2. The van der Waals surface area contributed by atoms with Crippen molar-refractivity contribution in [2.24, 2.45) is 0 Å². The van der Waals surface area contributed by atoms with Crippen LogP contribution in [0, 0.1) is 11.6 Å². The van der Waals surface area contributed by atoms with Gasteiger partial charge in [-0.3, -0.25) is 18.7 Å². The van der Waals surface area contributed by atoms with Crippen molar-refractivity contribution in [1.29, 1.82) is 0 Å². The summed E-state index contributed by atoms with van der Waals surface area (Å²) in [6.07, 6.45) is -3.43. The predicted molar refractivity (Wildman–Crippen MR) is 302 cm³/mol. The second-order valence-corrected chi connectivity index (χ2v) is 23.9. The second-order valence-electron chi connectivity index (χ2n) is 21.9. The summed E-state index contributed by atoms with van der Waals surface area (Å²) in [6, 6.07) is 8.42. The van der Waals surface area contributed by atoms with E-state index < -0.39 is 82.7 Å². The van der Waals surface area contributed by atoms with E-state index in [1.165, 1.54) is 57.3 Å². The normalized spacial score (nSPS) is 22.1. The van der Waals surface area contributed by atoms with Crippen molar-refractivity contribution in [2.45, 2.75) is 111 Å². The van der Waals surface area contributed by atoms with Crippen LogP contribution in [-0.2, 0) is 31.4 Å². The minimum atomic E-state index is -4.87. The smallest absolute Gasteiger partial charge is 0.379 e. The van der Waals surface area contributed by atoms with E-state index in [4.69, 9.17) is 9.47 Å². The van der Waals surface area contributed by atoms with Crippen molar-refractivity contribution >= 4 is 68.8 Å². The van der Waals surface area contributed by atoms with Gasteiger partial charge in [0.05, 0.1) is 60.2 Å². The number of alkyl halides is 6. The SMILES string of the molecule is C=CC(=O)N1[C@H](C)CN(c2nc(=O)n3c4c(c(-c5ccc(F)cc5)c(C(F)(F)F)cc24)SCC3COCC/C=C/C(=O)N2[C@H](C)CN(c3nc(=O)n4c5c(c(-c6ccc(F)cc6)c(C(F)(F)F)cc35)SCC4COC3CC3)C[C@@H]2C)C[C@@H]1C. The summed E-state index contributed by atoms with van der Waals surface area (Å²) in [5.74, 6) is -1.46. The third-order valence-electron chi connectivity index (χ3n) is 15.9. The first-order valence-corrected chi connectivity index (χ1v) is 29.3. The van der Waals surface area contributed by atoms with Gasteiger partial charge in [0.15, 0.2) is 0 Å². The molecule has 6 aromatic rings. The van der Waals surface area contributed by atoms with Gasteiger partial charge in [-0.05, 0) is 107 Å². The molecule has 2 amide bonds. The zero-order chi connectivity index (χ0) is 59.0. The lowest BCUT2D eigenvalue weighted by Crippen LogP contribution is -2.59. The van der Waals surface area contributed by atoms with Crippen molar-refractivity contribution in [3.05, 3.63) is 129 Å². The van der Waals surface area contributed by atoms with Crippen LogP contribution in [0.5, 0.6) is 0 Å². The molecule has 11 rings (SSSR count). The Morgan fingerprint density at radius 1 is 0.651 bits per heavy atom. The fourth-order valence-corrected chi connectivity index (χ4v) is 14.9. The predicted octanol–water partition coefficient (Wildman–Crippen LogP) is 10.9. The summed E-state index contributed by atoms with van der Waals surface area (Å²) >= 11 is 2.32. The maximum atomic E-state index is 15.2. The Hall–Kier alpha value is -6.76. The van der Waals surface area contributed by atoms with E-state index in [1.54, 1.807) is 53.4 Å². The van der Waals surface area contributed by atoms with Crippen LogP contribution in [0.4, 0.5) is 46.8 Å². The van der Waals surface area contributed by atoms with Gasteiger partial charge in [-0.25, -0.2) is 18.4 Å². The molecule has 0 bridgehead atoms. The second kappa shape index (κ2) is 22.7. The third kappa shape index (κ3) is 11.2. The minimum Gasteiger partial charge on any atom is -0.379 e. The van der Waals surface area contributed by atoms with Gasteiger partial charge in [0, 0.05) is 93.5 Å². The van der Waals surface area contributed by atoms with Crippen LogP contribution < -0.4 is 21.2 Å². The van der Waals surface area contributed by atoms with Gasteiger partial charge in [0.2, 0.25) is 11.8 Å². The van der Waals surface area contributed by atoms with Gasteiger partial charge < -0.3 is 29.1 Å². The standard InChI is InChI=1S/C59H58F8N8O6S2/c1-6-46(76)72-31(2)23-70(24-32(72)3)54-42-21-44(58(62,63)64)48(35-10-14-37(60)15-11-35)52-50(42)74(56(78)68-54)39(29-82-52)27-80-20-8-7-9-47(77)73-33(4)25-71(26-34(73)5)55-43-22-45(59(65,66)67)49(36-12-16-38(61)17-13-36)53-51(43)75(57(79)69-55)40(30-83-53)28-81-41-18-19-41/h6-7,9-17,21-22,31-34,39-41H,1,8,18-20,23-30H2,2-5H3/b9-7+/t31-,32+,33-,34+,39?,40?. The molecule has 4 aromatic carbocycles. The Labute approximate surface area is 480 Å². The van der Waals surface area contributed by atoms with Crippen LogP contribution in [0.15, 0.2) is 105 Å². The molecule has 2 aromatic heterocycles. The molecular formula is C59H58F8N8O6S2. The molecule has 14 nitrogen and oxygen atoms in total. The number of hydrogen-bond acceptors (Lipinski definition) is 12. The number of thioether (sulfide) groups is 2. The third-order valence-corrected chi connectivity index (χ3v) is 18.4. The Balaban J connectivity index is 0.821. The molecule has 0 N–H and O–H groups in total. The molecule has 438 valence electrons. The molecule has 2 saturated heterocycles. The summed E-state index contributed by atoms with van der Waals surface area (Å²) in [5, 5.41) is 0.187. The van der Waals surface area contributed by atoms with Crippen LogP contribution in [-0.4, -0.2) is 128 Å². The van der Waals surface area contributed by atoms with Crippen LogP contribution >= 0.6 is 23.5 Å². The van der Waals surface area contributed by atoms with Crippen LogP contribution in [0.3, 0.4) is 0 Å². The average Bonchev–Trinajstić information content (AvgIpc) is 2.82. The highest BCUT2D eigenvalue weighted by Crippen LogP contribution is 2.52. The number of carbonyl (C=O) groups excluding carboxylic acids is 2. The number of nitrogens with zero attached hydrogens (tertiary/aromatic N) is 8. The molecule has 6 heterocycles. The maximum Gasteiger partial charge on any atom is 0.417 e. The number of benzene rings is 4. The van der Waals surface area contributed by atoms with E-state index in [0.717, 1.165) is 61.0 Å². The molecule has 1 aliphatic carbocycles. The molecule has 0 spiro atoms. The lowest BCUT2D eigenvalue weighted by Gasteiger charge is -2.45.